The van der Waals surface area contributed by atoms with Crippen LogP contribution in [0, 0.1) is 11.8 Å². The quantitative estimate of drug-likeness (QED) is 0.564. The van der Waals surface area contributed by atoms with E-state index in [0.29, 0.717) is 23.8 Å². The van der Waals surface area contributed by atoms with E-state index in [1.165, 1.54) is 19.2 Å². The van der Waals surface area contributed by atoms with Gasteiger partial charge in [0.25, 0.3) is 0 Å². The zero-order chi connectivity index (χ0) is 21.1. The van der Waals surface area contributed by atoms with Crippen molar-refractivity contribution >= 4 is 16.0 Å². The zero-order valence-electron chi connectivity index (χ0n) is 17.1. The van der Waals surface area contributed by atoms with Gasteiger partial charge in [-0.15, -0.1) is 0 Å². The summed E-state index contributed by atoms with van der Waals surface area (Å²) in [7, 11) is -2.47. The number of carbonyl (C=O) groups is 1. The second-order valence-electron chi connectivity index (χ2n) is 8.11. The molecule has 0 saturated heterocycles. The molecule has 2 aromatic carbocycles. The first kappa shape index (κ1) is 20.7. The van der Waals surface area contributed by atoms with Gasteiger partial charge in [-0.3, -0.25) is 4.79 Å². The fourth-order valence-corrected chi connectivity index (χ4v) is 4.55. The number of para-hydroxylation sites is 1. The predicted octanol–water partition coefficient (Wildman–Crippen LogP) is 4.00. The standard InChI is InChI=1S/C23H27NO5S/c1-28-20-11-13-21(14-12-20)30(26,27)29-22-8-3-2-5-19(22)16-24(15-17-9-10-17)23(25)18-6-4-7-18/h2-3,5,8,11-14,17-18H,4,6-7,9-10,15-16H2,1H3. The normalized spacial score (nSPS) is 16.6. The lowest BCUT2D eigenvalue weighted by molar-refractivity contribution is -0.139. The van der Waals surface area contributed by atoms with E-state index in [2.05, 4.69) is 0 Å². The Morgan fingerprint density at radius 1 is 1.03 bits per heavy atom. The maximum absolute atomic E-state index is 12.9. The fourth-order valence-electron chi connectivity index (χ4n) is 3.59. The molecular weight excluding hydrogens is 402 g/mol. The Balaban J connectivity index is 1.54. The van der Waals surface area contributed by atoms with Crippen LogP contribution in [0.4, 0.5) is 0 Å². The van der Waals surface area contributed by atoms with Crippen LogP contribution in [0.2, 0.25) is 0 Å². The van der Waals surface area contributed by atoms with Crippen molar-refractivity contribution in [1.29, 1.82) is 0 Å². The third-order valence-corrected chi connectivity index (χ3v) is 7.07. The van der Waals surface area contributed by atoms with Gasteiger partial charge < -0.3 is 13.8 Å². The van der Waals surface area contributed by atoms with Crippen LogP contribution in [0.3, 0.4) is 0 Å². The minimum Gasteiger partial charge on any atom is -0.497 e. The molecule has 4 rings (SSSR count). The first-order valence-electron chi connectivity index (χ1n) is 10.4. The summed E-state index contributed by atoms with van der Waals surface area (Å²) in [6.07, 6.45) is 5.30. The van der Waals surface area contributed by atoms with E-state index in [9.17, 15) is 13.2 Å². The highest BCUT2D eigenvalue weighted by molar-refractivity contribution is 7.87. The Labute approximate surface area is 177 Å². The number of hydrogen-bond acceptors (Lipinski definition) is 5. The van der Waals surface area contributed by atoms with E-state index in [4.69, 9.17) is 8.92 Å². The molecule has 2 saturated carbocycles. The third-order valence-electron chi connectivity index (χ3n) is 5.82. The average molecular weight is 430 g/mol. The topological polar surface area (TPSA) is 72.9 Å². The van der Waals surface area contributed by atoms with Crippen LogP contribution < -0.4 is 8.92 Å². The Hall–Kier alpha value is -2.54. The second kappa shape index (κ2) is 8.68. The van der Waals surface area contributed by atoms with Gasteiger partial charge in [-0.2, -0.15) is 8.42 Å². The van der Waals surface area contributed by atoms with E-state index in [0.717, 1.165) is 38.6 Å². The molecule has 0 unspecified atom stereocenters. The lowest BCUT2D eigenvalue weighted by Crippen LogP contribution is -2.39. The molecule has 160 valence electrons. The van der Waals surface area contributed by atoms with Crippen LogP contribution in [-0.4, -0.2) is 32.9 Å². The fraction of sp³-hybridized carbons (Fsp3) is 0.435. The van der Waals surface area contributed by atoms with Gasteiger partial charge in [0, 0.05) is 24.6 Å². The van der Waals surface area contributed by atoms with Crippen molar-refractivity contribution in [2.75, 3.05) is 13.7 Å². The number of ether oxygens (including phenoxy) is 1. The van der Waals surface area contributed by atoms with E-state index in [-0.39, 0.29) is 22.5 Å². The van der Waals surface area contributed by atoms with E-state index >= 15 is 0 Å². The van der Waals surface area contributed by atoms with Crippen molar-refractivity contribution in [3.05, 3.63) is 54.1 Å². The molecule has 2 aliphatic carbocycles. The SMILES string of the molecule is COc1ccc(S(=O)(=O)Oc2ccccc2CN(CC2CC2)C(=O)C2CCC2)cc1. The Bertz CT molecular complexity index is 995. The molecule has 7 heteroatoms. The molecule has 30 heavy (non-hydrogen) atoms. The molecule has 0 heterocycles. The molecule has 2 aliphatic rings. The lowest BCUT2D eigenvalue weighted by Gasteiger charge is -2.32. The summed E-state index contributed by atoms with van der Waals surface area (Å²) in [6, 6.07) is 13.1. The molecule has 0 N–H and O–H groups in total. The molecule has 0 bridgehead atoms. The van der Waals surface area contributed by atoms with Crippen molar-refractivity contribution in [2.24, 2.45) is 11.8 Å². The highest BCUT2D eigenvalue weighted by Gasteiger charge is 2.33. The molecule has 6 nitrogen and oxygen atoms in total. The molecular formula is C23H27NO5S. The predicted molar refractivity (Wildman–Crippen MR) is 113 cm³/mol. The number of nitrogens with zero attached hydrogens (tertiary/aromatic N) is 1. The van der Waals surface area contributed by atoms with Crippen LogP contribution in [0.25, 0.3) is 0 Å². The number of amides is 1. The van der Waals surface area contributed by atoms with Gasteiger partial charge in [0.2, 0.25) is 5.91 Å². The van der Waals surface area contributed by atoms with Gasteiger partial charge in [0.15, 0.2) is 0 Å². The highest BCUT2D eigenvalue weighted by Crippen LogP contribution is 2.35. The maximum atomic E-state index is 12.9. The second-order valence-corrected chi connectivity index (χ2v) is 9.66. The number of rotatable bonds is 9. The van der Waals surface area contributed by atoms with Gasteiger partial charge in [-0.25, -0.2) is 0 Å². The van der Waals surface area contributed by atoms with Crippen molar-refractivity contribution in [3.8, 4) is 11.5 Å². The molecule has 1 amide bonds. The first-order chi connectivity index (χ1) is 14.5. The zero-order valence-corrected chi connectivity index (χ0v) is 17.9. The highest BCUT2D eigenvalue weighted by atomic mass is 32.2. The van der Waals surface area contributed by atoms with E-state index in [1.807, 2.05) is 17.0 Å². The largest absolute Gasteiger partial charge is 0.497 e. The van der Waals surface area contributed by atoms with Crippen molar-refractivity contribution in [1.82, 2.24) is 4.90 Å². The van der Waals surface area contributed by atoms with Gasteiger partial charge in [-0.05, 0) is 61.9 Å². The summed E-state index contributed by atoms with van der Waals surface area (Å²) in [6.45, 7) is 1.09. The molecule has 0 radical (unpaired) electrons. The smallest absolute Gasteiger partial charge is 0.339 e. The number of methoxy groups -OCH3 is 1. The van der Waals surface area contributed by atoms with Gasteiger partial charge >= 0.3 is 10.1 Å². The number of carbonyl (C=O) groups excluding carboxylic acids is 1. The van der Waals surface area contributed by atoms with Crippen LogP contribution in [0.5, 0.6) is 11.5 Å². The molecule has 0 spiro atoms. The Morgan fingerprint density at radius 2 is 1.73 bits per heavy atom. The van der Waals surface area contributed by atoms with Gasteiger partial charge in [0.1, 0.15) is 16.4 Å². The molecule has 2 aromatic rings. The average Bonchev–Trinajstić information content (AvgIpc) is 3.51. The lowest BCUT2D eigenvalue weighted by atomic mass is 9.84. The van der Waals surface area contributed by atoms with Crippen molar-refractivity contribution in [3.63, 3.8) is 0 Å². The van der Waals surface area contributed by atoms with E-state index < -0.39 is 10.1 Å². The van der Waals surface area contributed by atoms with Crippen LogP contribution in [0.15, 0.2) is 53.4 Å². The molecule has 2 fully saturated rings. The summed E-state index contributed by atoms with van der Waals surface area (Å²) in [5.41, 5.74) is 0.697. The van der Waals surface area contributed by atoms with Crippen LogP contribution in [0.1, 0.15) is 37.7 Å². The summed E-state index contributed by atoms with van der Waals surface area (Å²) in [5.74, 6) is 1.68. The first-order valence-corrected chi connectivity index (χ1v) is 11.8. The maximum Gasteiger partial charge on any atom is 0.339 e. The summed E-state index contributed by atoms with van der Waals surface area (Å²) in [4.78, 5) is 14.9. The van der Waals surface area contributed by atoms with Gasteiger partial charge in [0.05, 0.1) is 7.11 Å². The van der Waals surface area contributed by atoms with Crippen molar-refractivity contribution < 1.29 is 22.1 Å². The monoisotopic (exact) mass is 429 g/mol. The molecule has 0 atom stereocenters. The van der Waals surface area contributed by atoms with Crippen molar-refractivity contribution in [2.45, 2.75) is 43.5 Å². The third kappa shape index (κ3) is 4.78. The van der Waals surface area contributed by atoms with Crippen LogP contribution in [-0.2, 0) is 21.5 Å². The number of benzene rings is 2. The Kier molecular flexibility index (Phi) is 5.99. The minimum absolute atomic E-state index is 0.0542. The molecule has 0 aliphatic heterocycles. The summed E-state index contributed by atoms with van der Waals surface area (Å²) < 4.78 is 36.1. The van der Waals surface area contributed by atoms with Gasteiger partial charge in [-0.1, -0.05) is 24.6 Å². The van der Waals surface area contributed by atoms with E-state index in [1.54, 1.807) is 24.3 Å². The number of hydrogen-bond donors (Lipinski definition) is 0. The summed E-state index contributed by atoms with van der Waals surface area (Å²) >= 11 is 0. The summed E-state index contributed by atoms with van der Waals surface area (Å²) in [5, 5.41) is 0. The van der Waals surface area contributed by atoms with Crippen LogP contribution >= 0.6 is 0 Å². The molecule has 0 aromatic heterocycles. The minimum atomic E-state index is -4.00. The Morgan fingerprint density at radius 3 is 2.33 bits per heavy atom.